The molecule has 6 nitrogen and oxygen atoms in total. The second kappa shape index (κ2) is 9.32. The molecule has 0 saturated carbocycles. The van der Waals surface area contributed by atoms with Crippen molar-refractivity contribution in [2.24, 2.45) is 7.05 Å². The summed E-state index contributed by atoms with van der Waals surface area (Å²) in [6.07, 6.45) is -4.20. The number of halogens is 5. The molecule has 1 heterocycles. The molecule has 3 rings (SSSR count). The van der Waals surface area contributed by atoms with Crippen LogP contribution in [0.3, 0.4) is 0 Å². The number of aryl methyl sites for hydroxylation is 1. The number of rotatable bonds is 6. The van der Waals surface area contributed by atoms with Crippen molar-refractivity contribution in [2.75, 3.05) is 0 Å². The lowest BCUT2D eigenvalue weighted by Gasteiger charge is -2.37. The Morgan fingerprint density at radius 3 is 2.21 bits per heavy atom. The van der Waals surface area contributed by atoms with E-state index in [1.165, 1.54) is 43.4 Å². The number of nitrogens with zero attached hydrogens (tertiary/aromatic N) is 1. The summed E-state index contributed by atoms with van der Waals surface area (Å²) in [6, 6.07) is 9.62. The largest absolute Gasteiger partial charge is 0.478 e. The molecule has 0 fully saturated rings. The van der Waals surface area contributed by atoms with Crippen molar-refractivity contribution in [1.29, 1.82) is 0 Å². The minimum atomic E-state index is -5.12. The summed E-state index contributed by atoms with van der Waals surface area (Å²) < 4.78 is 49.2. The molecule has 2 N–H and O–H groups in total. The third-order valence-electron chi connectivity index (χ3n) is 5.43. The van der Waals surface area contributed by atoms with Crippen molar-refractivity contribution in [2.45, 2.75) is 24.6 Å². The van der Waals surface area contributed by atoms with Crippen LogP contribution in [0.4, 0.5) is 13.2 Å². The van der Waals surface area contributed by atoms with E-state index in [4.69, 9.17) is 33.0 Å². The van der Waals surface area contributed by atoms with Crippen molar-refractivity contribution in [3.8, 4) is 11.5 Å². The van der Waals surface area contributed by atoms with Gasteiger partial charge >= 0.3 is 12.1 Å². The second-order valence-corrected chi connectivity index (χ2v) is 8.40. The lowest BCUT2D eigenvalue weighted by Crippen LogP contribution is -2.47. The number of alkyl halides is 3. The number of carboxylic acid groups (broad SMARTS) is 1. The molecular weight excluding hydrogens is 498 g/mol. The standard InChI is InChI=1S/C23H18Cl2F3NO5/c1-12(22(33,23(26,27)28)13-3-8-20(30)29(2)11-13)17-9-14(5-7-18(17)24)34-15-4-6-16(21(31)32)19(25)10-15/h3-12,33H,1-2H3,(H,31,32)/t12-,22-/m0/s1. The fourth-order valence-corrected chi connectivity index (χ4v) is 4.02. The molecule has 11 heteroatoms. The van der Waals surface area contributed by atoms with Crippen molar-refractivity contribution in [3.05, 3.63) is 91.8 Å². The van der Waals surface area contributed by atoms with E-state index < -0.39 is 34.8 Å². The van der Waals surface area contributed by atoms with Crippen molar-refractivity contribution < 1.29 is 32.9 Å². The minimum Gasteiger partial charge on any atom is -0.478 e. The number of benzene rings is 2. The fourth-order valence-electron chi connectivity index (χ4n) is 3.49. The predicted molar refractivity (Wildman–Crippen MR) is 120 cm³/mol. The Morgan fingerprint density at radius 1 is 1.03 bits per heavy atom. The van der Waals surface area contributed by atoms with Gasteiger partial charge in [0.1, 0.15) is 11.5 Å². The number of ether oxygens (including phenoxy) is 1. The number of hydrogen-bond acceptors (Lipinski definition) is 4. The van der Waals surface area contributed by atoms with E-state index in [1.807, 2.05) is 0 Å². The molecule has 0 aliphatic rings. The maximum absolute atomic E-state index is 14.2. The van der Waals surface area contributed by atoms with E-state index in [0.717, 1.165) is 29.8 Å². The summed E-state index contributed by atoms with van der Waals surface area (Å²) in [5, 5.41) is 19.9. The Kier molecular flexibility index (Phi) is 7.02. The third kappa shape index (κ3) is 4.77. The zero-order valence-electron chi connectivity index (χ0n) is 17.7. The lowest BCUT2D eigenvalue weighted by molar-refractivity contribution is -0.274. The molecule has 0 saturated heterocycles. The molecule has 0 aliphatic heterocycles. The first-order valence-electron chi connectivity index (χ1n) is 9.72. The van der Waals surface area contributed by atoms with E-state index >= 15 is 0 Å². The van der Waals surface area contributed by atoms with E-state index in [9.17, 15) is 27.9 Å². The van der Waals surface area contributed by atoms with Gasteiger partial charge in [-0.05, 0) is 42.0 Å². The maximum Gasteiger partial charge on any atom is 0.422 e. The Labute approximate surface area is 201 Å². The molecule has 3 aromatic rings. The van der Waals surface area contributed by atoms with Crippen LogP contribution >= 0.6 is 23.2 Å². The predicted octanol–water partition coefficient (Wildman–Crippen LogP) is 5.74. The summed E-state index contributed by atoms with van der Waals surface area (Å²) >= 11 is 12.1. The molecule has 0 aliphatic carbocycles. The van der Waals surface area contributed by atoms with Gasteiger partial charge in [0.15, 0.2) is 5.60 Å². The van der Waals surface area contributed by atoms with Gasteiger partial charge in [-0.25, -0.2) is 4.79 Å². The van der Waals surface area contributed by atoms with Gasteiger partial charge < -0.3 is 19.5 Å². The average Bonchev–Trinajstić information content (AvgIpc) is 2.75. The van der Waals surface area contributed by atoms with Gasteiger partial charge in [-0.1, -0.05) is 30.1 Å². The first-order chi connectivity index (χ1) is 15.8. The Balaban J connectivity index is 2.05. The van der Waals surface area contributed by atoms with Gasteiger partial charge in [-0.15, -0.1) is 0 Å². The number of hydrogen-bond donors (Lipinski definition) is 2. The highest BCUT2D eigenvalue weighted by atomic mass is 35.5. The molecule has 2 aromatic carbocycles. The van der Waals surface area contributed by atoms with Gasteiger partial charge in [0.2, 0.25) is 5.56 Å². The lowest BCUT2D eigenvalue weighted by atomic mass is 9.78. The van der Waals surface area contributed by atoms with Crippen LogP contribution in [0.25, 0.3) is 0 Å². The van der Waals surface area contributed by atoms with Crippen molar-refractivity contribution in [1.82, 2.24) is 4.57 Å². The monoisotopic (exact) mass is 515 g/mol. The molecule has 0 spiro atoms. The Morgan fingerprint density at radius 2 is 1.65 bits per heavy atom. The van der Waals surface area contributed by atoms with Crippen LogP contribution in [-0.4, -0.2) is 26.9 Å². The Hall–Kier alpha value is -3.01. The zero-order valence-corrected chi connectivity index (χ0v) is 19.2. The SMILES string of the molecule is C[C@@H](c1cc(Oc2ccc(C(=O)O)c(Cl)c2)ccc1Cl)[C@](O)(c1ccc(=O)n(C)c1)C(F)(F)F. The minimum absolute atomic E-state index is 0.0494. The van der Waals surface area contributed by atoms with Crippen LogP contribution in [0.1, 0.15) is 34.3 Å². The van der Waals surface area contributed by atoms with Crippen LogP contribution in [0.2, 0.25) is 10.0 Å². The first-order valence-corrected chi connectivity index (χ1v) is 10.5. The zero-order chi connectivity index (χ0) is 25.4. The fraction of sp³-hybridized carbons (Fsp3) is 0.217. The molecule has 0 unspecified atom stereocenters. The van der Waals surface area contributed by atoms with Crippen LogP contribution < -0.4 is 10.3 Å². The summed E-state index contributed by atoms with van der Waals surface area (Å²) in [6.45, 7) is 1.15. The highest BCUT2D eigenvalue weighted by Gasteiger charge is 2.59. The molecule has 34 heavy (non-hydrogen) atoms. The van der Waals surface area contributed by atoms with Crippen LogP contribution in [0, 0.1) is 0 Å². The number of aromatic carboxylic acids is 1. The number of pyridine rings is 1. The maximum atomic E-state index is 14.2. The molecule has 2 atom stereocenters. The third-order valence-corrected chi connectivity index (χ3v) is 6.08. The molecule has 0 bridgehead atoms. The average molecular weight is 516 g/mol. The Bertz CT molecular complexity index is 1310. The van der Waals surface area contributed by atoms with Crippen LogP contribution in [0.5, 0.6) is 11.5 Å². The normalized spacial score (nSPS) is 14.4. The highest BCUT2D eigenvalue weighted by Crippen LogP contribution is 2.50. The van der Waals surface area contributed by atoms with Crippen molar-refractivity contribution in [3.63, 3.8) is 0 Å². The smallest absolute Gasteiger partial charge is 0.422 e. The molecular formula is C23H18Cl2F3NO5. The summed E-state index contributed by atoms with van der Waals surface area (Å²) in [5.41, 5.74) is -4.67. The quantitative estimate of drug-likeness (QED) is 0.437. The van der Waals surface area contributed by atoms with Gasteiger partial charge in [0, 0.05) is 41.9 Å². The van der Waals surface area contributed by atoms with Gasteiger partial charge in [0.05, 0.1) is 10.6 Å². The van der Waals surface area contributed by atoms with Crippen LogP contribution in [-0.2, 0) is 12.6 Å². The summed E-state index contributed by atoms with van der Waals surface area (Å²) in [4.78, 5) is 22.8. The first kappa shape index (κ1) is 25.6. The van der Waals surface area contributed by atoms with Gasteiger partial charge in [-0.3, -0.25) is 4.79 Å². The van der Waals surface area contributed by atoms with E-state index in [-0.39, 0.29) is 32.7 Å². The number of aromatic nitrogens is 1. The van der Waals surface area contributed by atoms with E-state index in [0.29, 0.717) is 0 Å². The summed E-state index contributed by atoms with van der Waals surface area (Å²) in [7, 11) is 1.27. The summed E-state index contributed by atoms with van der Waals surface area (Å²) in [5.74, 6) is -2.63. The number of aliphatic hydroxyl groups is 1. The molecule has 0 amide bonds. The molecule has 1 aromatic heterocycles. The van der Waals surface area contributed by atoms with Gasteiger partial charge in [0.25, 0.3) is 0 Å². The van der Waals surface area contributed by atoms with Gasteiger partial charge in [-0.2, -0.15) is 13.2 Å². The molecule has 0 radical (unpaired) electrons. The number of carbonyl (C=O) groups is 1. The second-order valence-electron chi connectivity index (χ2n) is 7.58. The highest BCUT2D eigenvalue weighted by molar-refractivity contribution is 6.33. The van der Waals surface area contributed by atoms with Crippen LogP contribution in [0.15, 0.2) is 59.5 Å². The topological polar surface area (TPSA) is 88.8 Å². The van der Waals surface area contributed by atoms with E-state index in [1.54, 1.807) is 0 Å². The molecule has 180 valence electrons. The van der Waals surface area contributed by atoms with Crippen molar-refractivity contribution >= 4 is 29.2 Å². The number of carboxylic acids is 1. The van der Waals surface area contributed by atoms with E-state index in [2.05, 4.69) is 0 Å².